The van der Waals surface area contributed by atoms with E-state index in [4.69, 9.17) is 10.2 Å². The molecule has 0 heterocycles. The van der Waals surface area contributed by atoms with Crippen LogP contribution in [0.2, 0.25) is 0 Å². The Balaban J connectivity index is 2.15. The van der Waals surface area contributed by atoms with Crippen LogP contribution >= 0.6 is 0 Å². The van der Waals surface area contributed by atoms with Gasteiger partial charge in [-0.15, -0.1) is 0 Å². The number of carbonyl (C=O) groups is 3. The highest BCUT2D eigenvalue weighted by molar-refractivity contribution is 6.04. The van der Waals surface area contributed by atoms with Crippen LogP contribution < -0.4 is 5.32 Å². The van der Waals surface area contributed by atoms with Crippen molar-refractivity contribution in [3.05, 3.63) is 70.8 Å². The first-order chi connectivity index (χ1) is 11.9. The first-order valence-electron chi connectivity index (χ1n) is 7.47. The van der Waals surface area contributed by atoms with Crippen molar-refractivity contribution in [3.8, 4) is 0 Å². The summed E-state index contributed by atoms with van der Waals surface area (Å²) in [6.45, 7) is -0.346. The van der Waals surface area contributed by atoms with Gasteiger partial charge in [-0.25, -0.2) is 4.79 Å². The third-order valence-electron chi connectivity index (χ3n) is 3.73. The third-order valence-corrected chi connectivity index (χ3v) is 3.73. The highest BCUT2D eigenvalue weighted by atomic mass is 16.4. The number of aliphatic hydroxyl groups excluding tert-OH is 1. The van der Waals surface area contributed by atoms with Crippen molar-refractivity contribution in [2.75, 3.05) is 6.54 Å². The highest BCUT2D eigenvalue weighted by Gasteiger charge is 2.22. The van der Waals surface area contributed by atoms with Gasteiger partial charge in [-0.2, -0.15) is 0 Å². The molecule has 0 aliphatic carbocycles. The fraction of sp³-hybridized carbons (Fsp3) is 0.167. The lowest BCUT2D eigenvalue weighted by Gasteiger charge is -2.15. The first-order valence-corrected chi connectivity index (χ1v) is 7.47. The van der Waals surface area contributed by atoms with Crippen LogP contribution in [0.4, 0.5) is 0 Å². The zero-order chi connectivity index (χ0) is 18.4. The van der Waals surface area contributed by atoms with Crippen LogP contribution in [0.5, 0.6) is 0 Å². The van der Waals surface area contributed by atoms with Crippen molar-refractivity contribution < 1.29 is 29.7 Å². The number of carbonyl (C=O) groups excluding carboxylic acids is 1. The number of carboxylic acid groups (broad SMARTS) is 2. The fourth-order valence-electron chi connectivity index (χ4n) is 2.36. The zero-order valence-electron chi connectivity index (χ0n) is 13.2. The second-order valence-electron chi connectivity index (χ2n) is 5.35. The molecule has 0 radical (unpaired) electrons. The summed E-state index contributed by atoms with van der Waals surface area (Å²) in [5, 5.41) is 30.0. The summed E-state index contributed by atoms with van der Waals surface area (Å²) in [6.07, 6.45) is 0. The number of aliphatic carboxylic acids is 1. The van der Waals surface area contributed by atoms with Gasteiger partial charge in [0.05, 0.1) is 23.7 Å². The Hall–Kier alpha value is -3.19. The monoisotopic (exact) mass is 343 g/mol. The smallest absolute Gasteiger partial charge is 0.336 e. The van der Waals surface area contributed by atoms with E-state index in [1.54, 1.807) is 24.3 Å². The van der Waals surface area contributed by atoms with E-state index in [9.17, 15) is 19.5 Å². The Bertz CT molecular complexity index is 784. The summed E-state index contributed by atoms with van der Waals surface area (Å²) in [5.41, 5.74) is 0.928. The quantitative estimate of drug-likeness (QED) is 0.604. The standard InChI is InChI=1S/C18H17NO6/c20-10-11-5-7-12(8-6-11)15(18(24)25)9-19-16(21)13-3-1-2-4-14(13)17(22)23/h1-8,15,20H,9-10H2,(H,19,21)(H,22,23)(H,24,25)/t15-/m1/s1. The molecule has 0 aromatic heterocycles. The van der Waals surface area contributed by atoms with Gasteiger partial charge in [0, 0.05) is 6.54 Å². The molecule has 0 saturated heterocycles. The minimum atomic E-state index is -1.24. The van der Waals surface area contributed by atoms with Crippen LogP contribution in [-0.2, 0) is 11.4 Å². The molecule has 0 spiro atoms. The Labute approximate surface area is 143 Å². The van der Waals surface area contributed by atoms with E-state index in [0.29, 0.717) is 11.1 Å². The molecule has 2 aromatic rings. The molecule has 0 aliphatic heterocycles. The molecule has 2 aromatic carbocycles. The SMILES string of the molecule is O=C(O)c1ccccc1C(=O)NC[C@@H](C(=O)O)c1ccc(CO)cc1. The van der Waals surface area contributed by atoms with Crippen LogP contribution in [0.25, 0.3) is 0 Å². The molecular weight excluding hydrogens is 326 g/mol. The summed E-state index contributed by atoms with van der Waals surface area (Å²) in [6, 6.07) is 12.1. The second kappa shape index (κ2) is 8.07. The average molecular weight is 343 g/mol. The van der Waals surface area contributed by atoms with Crippen molar-refractivity contribution in [2.24, 2.45) is 0 Å². The maximum atomic E-state index is 12.2. The van der Waals surface area contributed by atoms with Gasteiger partial charge in [-0.05, 0) is 23.3 Å². The van der Waals surface area contributed by atoms with Crippen LogP contribution in [0.15, 0.2) is 48.5 Å². The summed E-state index contributed by atoms with van der Waals surface area (Å²) in [4.78, 5) is 34.9. The number of amides is 1. The lowest BCUT2D eigenvalue weighted by molar-refractivity contribution is -0.138. The Morgan fingerprint density at radius 1 is 0.920 bits per heavy atom. The van der Waals surface area contributed by atoms with Crippen molar-refractivity contribution in [2.45, 2.75) is 12.5 Å². The van der Waals surface area contributed by atoms with E-state index < -0.39 is 23.8 Å². The topological polar surface area (TPSA) is 124 Å². The van der Waals surface area contributed by atoms with Gasteiger partial charge in [-0.3, -0.25) is 9.59 Å². The number of hydrogen-bond donors (Lipinski definition) is 4. The second-order valence-corrected chi connectivity index (χ2v) is 5.35. The molecule has 7 heteroatoms. The molecule has 25 heavy (non-hydrogen) atoms. The van der Waals surface area contributed by atoms with Crippen LogP contribution in [0, 0.1) is 0 Å². The van der Waals surface area contributed by atoms with E-state index in [1.807, 2.05) is 0 Å². The van der Waals surface area contributed by atoms with Gasteiger partial charge in [0.15, 0.2) is 0 Å². The third kappa shape index (κ3) is 4.42. The van der Waals surface area contributed by atoms with E-state index >= 15 is 0 Å². The van der Waals surface area contributed by atoms with E-state index in [2.05, 4.69) is 5.32 Å². The first kappa shape index (κ1) is 18.2. The molecule has 0 aliphatic rings. The largest absolute Gasteiger partial charge is 0.481 e. The minimum absolute atomic E-state index is 0.0326. The lowest BCUT2D eigenvalue weighted by atomic mass is 9.97. The Morgan fingerprint density at radius 3 is 2.04 bits per heavy atom. The fourth-order valence-corrected chi connectivity index (χ4v) is 2.36. The van der Waals surface area contributed by atoms with Gasteiger partial charge in [-0.1, -0.05) is 36.4 Å². The number of benzene rings is 2. The lowest BCUT2D eigenvalue weighted by Crippen LogP contribution is -2.32. The molecule has 2 rings (SSSR count). The normalized spacial score (nSPS) is 11.6. The molecule has 130 valence electrons. The number of hydrogen-bond acceptors (Lipinski definition) is 4. The number of nitrogens with one attached hydrogen (secondary N) is 1. The molecule has 0 unspecified atom stereocenters. The van der Waals surface area contributed by atoms with E-state index in [0.717, 1.165) is 0 Å². The Morgan fingerprint density at radius 2 is 1.52 bits per heavy atom. The molecule has 0 fully saturated rings. The van der Waals surface area contributed by atoms with E-state index in [-0.39, 0.29) is 24.3 Å². The van der Waals surface area contributed by atoms with Crippen molar-refractivity contribution in [3.63, 3.8) is 0 Å². The average Bonchev–Trinajstić information content (AvgIpc) is 2.62. The van der Waals surface area contributed by atoms with Crippen molar-refractivity contribution in [1.82, 2.24) is 5.32 Å². The van der Waals surface area contributed by atoms with Crippen molar-refractivity contribution in [1.29, 1.82) is 0 Å². The molecule has 0 bridgehead atoms. The van der Waals surface area contributed by atoms with Gasteiger partial charge in [0.2, 0.25) is 0 Å². The number of aliphatic hydroxyl groups is 1. The van der Waals surface area contributed by atoms with Gasteiger partial charge < -0.3 is 20.6 Å². The predicted octanol–water partition coefficient (Wildman–Crippen LogP) is 1.48. The van der Waals surface area contributed by atoms with Crippen LogP contribution in [-0.4, -0.2) is 39.7 Å². The summed E-state index contributed by atoms with van der Waals surface area (Å²) >= 11 is 0. The van der Waals surface area contributed by atoms with Gasteiger partial charge in [0.25, 0.3) is 5.91 Å². The summed E-state index contributed by atoms with van der Waals surface area (Å²) in [5.74, 6) is -4.01. The molecule has 7 nitrogen and oxygen atoms in total. The number of carboxylic acids is 2. The summed E-state index contributed by atoms with van der Waals surface area (Å²) in [7, 11) is 0. The van der Waals surface area contributed by atoms with E-state index in [1.165, 1.54) is 24.3 Å². The van der Waals surface area contributed by atoms with Gasteiger partial charge >= 0.3 is 11.9 Å². The van der Waals surface area contributed by atoms with Crippen molar-refractivity contribution >= 4 is 17.8 Å². The maximum absolute atomic E-state index is 12.2. The molecule has 1 amide bonds. The molecular formula is C18H17NO6. The molecule has 0 saturated carbocycles. The van der Waals surface area contributed by atoms with Crippen LogP contribution in [0.3, 0.4) is 0 Å². The zero-order valence-corrected chi connectivity index (χ0v) is 13.2. The Kier molecular flexibility index (Phi) is 5.86. The van der Waals surface area contributed by atoms with Crippen LogP contribution in [0.1, 0.15) is 37.8 Å². The highest BCUT2D eigenvalue weighted by Crippen LogP contribution is 2.17. The summed E-state index contributed by atoms with van der Waals surface area (Å²) < 4.78 is 0. The van der Waals surface area contributed by atoms with Gasteiger partial charge in [0.1, 0.15) is 0 Å². The molecule has 4 N–H and O–H groups in total. The number of rotatable bonds is 7. The predicted molar refractivity (Wildman–Crippen MR) is 88.5 cm³/mol. The maximum Gasteiger partial charge on any atom is 0.336 e. The molecule has 1 atom stereocenters. The minimum Gasteiger partial charge on any atom is -0.481 e. The number of aromatic carboxylic acids is 1.